The highest BCUT2D eigenvalue weighted by molar-refractivity contribution is 5.67. The Bertz CT molecular complexity index is 1080. The molecule has 30 heavy (non-hydrogen) atoms. The van der Waals surface area contributed by atoms with Gasteiger partial charge in [-0.15, -0.1) is 0 Å². The standard InChI is InChI=1S/C23H23N5O2/c1-14-25-12-19(16-5-7-21(27-11-16)23(2,3)29)22(28-14)30-13-17-8-18(17)20-6-4-15(9-24)10-26-20/h4-7,10-12,17-18,29H,8,13H2,1-3H3/t17?,18-/m1/s1. The minimum atomic E-state index is -0.998. The van der Waals surface area contributed by atoms with E-state index in [1.165, 1.54) is 0 Å². The molecular formula is C23H23N5O2. The Balaban J connectivity index is 1.47. The average Bonchev–Trinajstić information content (AvgIpc) is 3.51. The van der Waals surface area contributed by atoms with Gasteiger partial charge in [0.2, 0.25) is 5.88 Å². The van der Waals surface area contributed by atoms with Crippen LogP contribution in [0.1, 0.15) is 49.0 Å². The van der Waals surface area contributed by atoms with Crippen LogP contribution in [0.15, 0.2) is 42.9 Å². The second-order valence-corrected chi connectivity index (χ2v) is 8.12. The summed E-state index contributed by atoms with van der Waals surface area (Å²) < 4.78 is 6.08. The quantitative estimate of drug-likeness (QED) is 0.674. The van der Waals surface area contributed by atoms with Crippen LogP contribution in [-0.2, 0) is 5.60 Å². The Morgan fingerprint density at radius 1 is 1.13 bits per heavy atom. The monoisotopic (exact) mass is 401 g/mol. The summed E-state index contributed by atoms with van der Waals surface area (Å²) >= 11 is 0. The van der Waals surface area contributed by atoms with Crippen molar-refractivity contribution in [2.45, 2.75) is 38.7 Å². The number of pyridine rings is 2. The van der Waals surface area contributed by atoms with Crippen LogP contribution in [0.5, 0.6) is 5.88 Å². The van der Waals surface area contributed by atoms with E-state index in [-0.39, 0.29) is 0 Å². The maximum Gasteiger partial charge on any atom is 0.224 e. The van der Waals surface area contributed by atoms with Gasteiger partial charge in [-0.1, -0.05) is 6.07 Å². The van der Waals surface area contributed by atoms with Crippen LogP contribution in [0.4, 0.5) is 0 Å². The van der Waals surface area contributed by atoms with Gasteiger partial charge in [-0.25, -0.2) is 4.98 Å². The number of hydrogen-bond donors (Lipinski definition) is 1. The van der Waals surface area contributed by atoms with Crippen molar-refractivity contribution in [2.75, 3.05) is 6.61 Å². The molecule has 1 saturated carbocycles. The third-order valence-corrected chi connectivity index (χ3v) is 5.23. The number of ether oxygens (including phenoxy) is 1. The van der Waals surface area contributed by atoms with Gasteiger partial charge in [0.25, 0.3) is 0 Å². The molecular weight excluding hydrogens is 378 g/mol. The molecule has 1 aliphatic carbocycles. The van der Waals surface area contributed by atoms with Crippen molar-refractivity contribution in [2.24, 2.45) is 5.92 Å². The lowest BCUT2D eigenvalue weighted by atomic mass is 10.0. The molecule has 7 heteroatoms. The molecule has 1 fully saturated rings. The molecule has 1 unspecified atom stereocenters. The first-order valence-electron chi connectivity index (χ1n) is 9.87. The number of aromatic nitrogens is 4. The van der Waals surface area contributed by atoms with Gasteiger partial charge in [0.15, 0.2) is 0 Å². The van der Waals surface area contributed by atoms with Crippen LogP contribution in [0, 0.1) is 24.2 Å². The second kappa shape index (κ2) is 7.81. The molecule has 152 valence electrons. The molecule has 0 spiro atoms. The zero-order valence-corrected chi connectivity index (χ0v) is 17.2. The Kier molecular flexibility index (Phi) is 5.18. The van der Waals surface area contributed by atoms with E-state index in [0.717, 1.165) is 23.2 Å². The van der Waals surface area contributed by atoms with Gasteiger partial charge in [-0.3, -0.25) is 9.97 Å². The van der Waals surface area contributed by atoms with Crippen LogP contribution >= 0.6 is 0 Å². The number of nitriles is 1. The molecule has 7 nitrogen and oxygen atoms in total. The van der Waals surface area contributed by atoms with E-state index < -0.39 is 5.60 Å². The van der Waals surface area contributed by atoms with Crippen LogP contribution < -0.4 is 4.74 Å². The largest absolute Gasteiger partial charge is 0.477 e. The van der Waals surface area contributed by atoms with E-state index in [1.54, 1.807) is 44.6 Å². The SMILES string of the molecule is Cc1ncc(-c2ccc(C(C)(C)O)nc2)c(OCC2C[C@H]2c2ccc(C#N)cn2)n1. The molecule has 1 aliphatic rings. The maximum atomic E-state index is 10.1. The van der Waals surface area contributed by atoms with Gasteiger partial charge in [-0.2, -0.15) is 10.2 Å². The molecule has 0 bridgehead atoms. The molecule has 3 heterocycles. The highest BCUT2D eigenvalue weighted by Crippen LogP contribution is 2.47. The number of nitrogens with zero attached hydrogens (tertiary/aromatic N) is 5. The fraction of sp³-hybridized carbons (Fsp3) is 0.348. The molecule has 0 saturated heterocycles. The van der Waals surface area contributed by atoms with Gasteiger partial charge in [-0.05, 0) is 45.4 Å². The topological polar surface area (TPSA) is 105 Å². The summed E-state index contributed by atoms with van der Waals surface area (Å²) in [6.07, 6.45) is 6.06. The number of aryl methyl sites for hydroxylation is 1. The smallest absolute Gasteiger partial charge is 0.224 e. The van der Waals surface area contributed by atoms with Crippen molar-refractivity contribution in [1.29, 1.82) is 5.26 Å². The summed E-state index contributed by atoms with van der Waals surface area (Å²) in [7, 11) is 0. The second-order valence-electron chi connectivity index (χ2n) is 8.12. The third-order valence-electron chi connectivity index (χ3n) is 5.23. The molecule has 4 rings (SSSR count). The van der Waals surface area contributed by atoms with E-state index in [9.17, 15) is 5.11 Å². The zero-order valence-electron chi connectivity index (χ0n) is 17.2. The normalized spacial score (nSPS) is 18.0. The predicted octanol–water partition coefficient (Wildman–Crippen LogP) is 3.52. The fourth-order valence-electron chi connectivity index (χ4n) is 3.34. The molecule has 3 aromatic heterocycles. The van der Waals surface area contributed by atoms with Gasteiger partial charge in [0.05, 0.1) is 23.4 Å². The lowest BCUT2D eigenvalue weighted by Crippen LogP contribution is -2.17. The van der Waals surface area contributed by atoms with Crippen LogP contribution in [0.3, 0.4) is 0 Å². The molecule has 0 aromatic carbocycles. The van der Waals surface area contributed by atoms with Crippen LogP contribution in [0.25, 0.3) is 11.1 Å². The minimum Gasteiger partial charge on any atom is -0.477 e. The van der Waals surface area contributed by atoms with Crippen molar-refractivity contribution in [3.05, 3.63) is 65.6 Å². The summed E-state index contributed by atoms with van der Waals surface area (Å²) in [5.41, 5.74) is 2.76. The van der Waals surface area contributed by atoms with E-state index >= 15 is 0 Å². The van der Waals surface area contributed by atoms with Gasteiger partial charge >= 0.3 is 0 Å². The van der Waals surface area contributed by atoms with E-state index in [0.29, 0.717) is 41.4 Å². The molecule has 0 aliphatic heterocycles. The molecule has 3 aromatic rings. The number of hydrogen-bond acceptors (Lipinski definition) is 7. The van der Waals surface area contributed by atoms with Gasteiger partial charge in [0.1, 0.15) is 17.5 Å². The number of rotatable bonds is 6. The van der Waals surface area contributed by atoms with Crippen LogP contribution in [-0.4, -0.2) is 31.6 Å². The predicted molar refractivity (Wildman–Crippen MR) is 111 cm³/mol. The summed E-state index contributed by atoms with van der Waals surface area (Å²) in [5, 5.41) is 19.0. The Hall–Kier alpha value is -3.37. The molecule has 1 N–H and O–H groups in total. The van der Waals surface area contributed by atoms with E-state index in [1.807, 2.05) is 19.1 Å². The van der Waals surface area contributed by atoms with E-state index in [2.05, 4.69) is 26.0 Å². The van der Waals surface area contributed by atoms with Crippen molar-refractivity contribution < 1.29 is 9.84 Å². The maximum absolute atomic E-state index is 10.1. The lowest BCUT2D eigenvalue weighted by molar-refractivity contribution is 0.0739. The summed E-state index contributed by atoms with van der Waals surface area (Å²) in [6, 6.07) is 9.49. The summed E-state index contributed by atoms with van der Waals surface area (Å²) in [4.78, 5) is 17.5. The first-order chi connectivity index (χ1) is 14.3. The Morgan fingerprint density at radius 2 is 1.97 bits per heavy atom. The first-order valence-corrected chi connectivity index (χ1v) is 9.87. The van der Waals surface area contributed by atoms with E-state index in [4.69, 9.17) is 10.00 Å². The molecule has 0 radical (unpaired) electrons. The first kappa shape index (κ1) is 19.9. The molecule has 0 amide bonds. The van der Waals surface area contributed by atoms with Gasteiger partial charge < -0.3 is 9.84 Å². The zero-order chi connectivity index (χ0) is 21.3. The average molecular weight is 401 g/mol. The van der Waals surface area contributed by atoms with Crippen molar-refractivity contribution in [1.82, 2.24) is 19.9 Å². The van der Waals surface area contributed by atoms with Crippen LogP contribution in [0.2, 0.25) is 0 Å². The highest BCUT2D eigenvalue weighted by atomic mass is 16.5. The highest BCUT2D eigenvalue weighted by Gasteiger charge is 2.40. The number of aliphatic hydroxyl groups is 1. The Morgan fingerprint density at radius 3 is 2.60 bits per heavy atom. The minimum absolute atomic E-state index is 0.344. The van der Waals surface area contributed by atoms with Gasteiger partial charge in [0, 0.05) is 41.7 Å². The van der Waals surface area contributed by atoms with Crippen molar-refractivity contribution in [3.63, 3.8) is 0 Å². The summed E-state index contributed by atoms with van der Waals surface area (Å²) in [5.74, 6) is 1.87. The Labute approximate surface area is 175 Å². The summed E-state index contributed by atoms with van der Waals surface area (Å²) in [6.45, 7) is 5.76. The third kappa shape index (κ3) is 4.29. The van der Waals surface area contributed by atoms with Crippen molar-refractivity contribution >= 4 is 0 Å². The molecule has 2 atom stereocenters. The fourth-order valence-corrected chi connectivity index (χ4v) is 3.34. The lowest BCUT2D eigenvalue weighted by Gasteiger charge is -2.17. The van der Waals surface area contributed by atoms with Crippen molar-refractivity contribution in [3.8, 4) is 23.1 Å².